The minimum atomic E-state index is -0.697. The number of halogens is 3. The van der Waals surface area contributed by atoms with E-state index >= 15 is 0 Å². The molecule has 2 aliphatic rings. The highest BCUT2D eigenvalue weighted by molar-refractivity contribution is 6.30. The molecule has 0 bridgehead atoms. The Morgan fingerprint density at radius 3 is 2.62 bits per heavy atom. The minimum Gasteiger partial charge on any atom is -0.322 e. The second-order valence-electron chi connectivity index (χ2n) is 7.78. The van der Waals surface area contributed by atoms with E-state index in [0.29, 0.717) is 18.5 Å². The maximum absolute atomic E-state index is 14.0. The maximum atomic E-state index is 14.0. The molecule has 2 aromatic rings. The van der Waals surface area contributed by atoms with Gasteiger partial charge in [0.05, 0.1) is 24.3 Å². The largest absolute Gasteiger partial charge is 0.328 e. The maximum Gasteiger partial charge on any atom is 0.328 e. The molecule has 0 aromatic heterocycles. The van der Waals surface area contributed by atoms with Crippen molar-refractivity contribution in [1.82, 2.24) is 15.1 Å². The van der Waals surface area contributed by atoms with Gasteiger partial charge in [-0.15, -0.1) is 0 Å². The summed E-state index contributed by atoms with van der Waals surface area (Å²) in [6, 6.07) is 8.72. The summed E-state index contributed by atoms with van der Waals surface area (Å²) in [4.78, 5) is 41.3. The first-order valence-electron chi connectivity index (χ1n) is 10.2. The van der Waals surface area contributed by atoms with E-state index in [1.165, 1.54) is 41.3 Å². The molecule has 32 heavy (non-hydrogen) atoms. The van der Waals surface area contributed by atoms with Gasteiger partial charge in [0.15, 0.2) is 0 Å². The first-order chi connectivity index (χ1) is 15.3. The third-order valence-electron chi connectivity index (χ3n) is 5.60. The van der Waals surface area contributed by atoms with Crippen LogP contribution >= 0.6 is 11.6 Å². The molecule has 0 radical (unpaired) electrons. The van der Waals surface area contributed by atoms with Crippen LogP contribution in [-0.2, 0) is 16.1 Å². The smallest absolute Gasteiger partial charge is 0.322 e. The molecular formula is C22H21ClF2N4O3. The zero-order chi connectivity index (χ0) is 22.8. The number of piperidine rings is 1. The number of amides is 4. The molecule has 2 N–H and O–H groups in total. The molecule has 10 heteroatoms. The van der Waals surface area contributed by atoms with E-state index in [1.807, 2.05) is 0 Å². The average Bonchev–Trinajstić information content (AvgIpc) is 2.77. The van der Waals surface area contributed by atoms with Crippen LogP contribution in [0.1, 0.15) is 18.4 Å². The molecule has 7 nitrogen and oxygen atoms in total. The van der Waals surface area contributed by atoms with Gasteiger partial charge in [-0.1, -0.05) is 23.7 Å². The Labute approximate surface area is 188 Å². The standard InChI is InChI=1S/C22H21ClF2N4O3/c23-14-5-8-18(17(25)10-14)27-19(30)12-28-20-16(2-1-9-26-20)21(31)29(22(28)32)11-13-3-6-15(24)7-4-13/h3-8,10,16,20,26H,1-2,9,11-12H2,(H,27,30). The number of benzene rings is 2. The lowest BCUT2D eigenvalue weighted by Crippen LogP contribution is -2.68. The molecule has 2 aliphatic heterocycles. The molecular weight excluding hydrogens is 442 g/mol. The van der Waals surface area contributed by atoms with E-state index in [2.05, 4.69) is 10.6 Å². The molecule has 0 aliphatic carbocycles. The number of anilines is 1. The molecule has 2 saturated heterocycles. The molecule has 0 spiro atoms. The molecule has 168 valence electrons. The van der Waals surface area contributed by atoms with Crippen molar-refractivity contribution in [3.8, 4) is 0 Å². The topological polar surface area (TPSA) is 81.8 Å². The third kappa shape index (κ3) is 4.58. The average molecular weight is 463 g/mol. The molecule has 2 aromatic carbocycles. The Hall–Kier alpha value is -3.04. The van der Waals surface area contributed by atoms with Gasteiger partial charge < -0.3 is 5.32 Å². The van der Waals surface area contributed by atoms with Gasteiger partial charge in [-0.2, -0.15) is 0 Å². The number of rotatable bonds is 5. The highest BCUT2D eigenvalue weighted by atomic mass is 35.5. The van der Waals surface area contributed by atoms with E-state index < -0.39 is 35.7 Å². The first-order valence-corrected chi connectivity index (χ1v) is 10.6. The summed E-state index contributed by atoms with van der Waals surface area (Å²) in [5.74, 6) is -2.58. The molecule has 2 heterocycles. The second kappa shape index (κ2) is 9.22. The van der Waals surface area contributed by atoms with Crippen LogP contribution in [0.5, 0.6) is 0 Å². The van der Waals surface area contributed by atoms with Gasteiger partial charge in [0.1, 0.15) is 18.2 Å². The van der Waals surface area contributed by atoms with Crippen LogP contribution in [0, 0.1) is 17.6 Å². The van der Waals surface area contributed by atoms with Gasteiger partial charge in [0, 0.05) is 5.02 Å². The molecule has 4 amide bonds. The van der Waals surface area contributed by atoms with Gasteiger partial charge in [0.2, 0.25) is 11.8 Å². The van der Waals surface area contributed by atoms with Crippen molar-refractivity contribution in [2.75, 3.05) is 18.4 Å². The molecule has 4 rings (SSSR count). The van der Waals surface area contributed by atoms with Gasteiger partial charge in [-0.05, 0) is 55.3 Å². The molecule has 0 saturated carbocycles. The normalized spacial score (nSPS) is 20.8. The van der Waals surface area contributed by atoms with Crippen molar-refractivity contribution in [2.24, 2.45) is 5.92 Å². The number of carbonyl (C=O) groups is 3. The minimum absolute atomic E-state index is 0.0366. The van der Waals surface area contributed by atoms with Crippen LogP contribution in [0.2, 0.25) is 5.02 Å². The van der Waals surface area contributed by atoms with Crippen LogP contribution in [-0.4, -0.2) is 46.9 Å². The quantitative estimate of drug-likeness (QED) is 0.714. The molecule has 2 unspecified atom stereocenters. The lowest BCUT2D eigenvalue weighted by atomic mass is 9.91. The number of carbonyl (C=O) groups excluding carboxylic acids is 3. The van der Waals surface area contributed by atoms with Crippen molar-refractivity contribution >= 4 is 35.1 Å². The Morgan fingerprint density at radius 1 is 1.16 bits per heavy atom. The third-order valence-corrected chi connectivity index (χ3v) is 5.83. The zero-order valence-electron chi connectivity index (χ0n) is 17.0. The predicted octanol–water partition coefficient (Wildman–Crippen LogP) is 3.35. The summed E-state index contributed by atoms with van der Waals surface area (Å²) in [7, 11) is 0. The summed E-state index contributed by atoms with van der Waals surface area (Å²) in [6.07, 6.45) is 0.684. The Morgan fingerprint density at radius 2 is 1.91 bits per heavy atom. The van der Waals surface area contributed by atoms with Crippen LogP contribution in [0.3, 0.4) is 0 Å². The van der Waals surface area contributed by atoms with Gasteiger partial charge in [-0.3, -0.25) is 24.7 Å². The number of nitrogens with one attached hydrogen (secondary N) is 2. The van der Waals surface area contributed by atoms with Gasteiger partial charge in [-0.25, -0.2) is 13.6 Å². The number of hydrogen-bond acceptors (Lipinski definition) is 4. The predicted molar refractivity (Wildman–Crippen MR) is 114 cm³/mol. The van der Waals surface area contributed by atoms with Crippen molar-refractivity contribution in [3.05, 3.63) is 64.7 Å². The SMILES string of the molecule is O=C(CN1C(=O)N(Cc2ccc(F)cc2)C(=O)C2CCCNC21)Nc1ccc(Cl)cc1F. The number of fused-ring (bicyclic) bond motifs is 1. The van der Waals surface area contributed by atoms with Crippen molar-refractivity contribution in [1.29, 1.82) is 0 Å². The van der Waals surface area contributed by atoms with E-state index in [4.69, 9.17) is 11.6 Å². The lowest BCUT2D eigenvalue weighted by Gasteiger charge is -2.46. The van der Waals surface area contributed by atoms with Gasteiger partial charge in [0.25, 0.3) is 0 Å². The summed E-state index contributed by atoms with van der Waals surface area (Å²) >= 11 is 5.74. The fraction of sp³-hybridized carbons (Fsp3) is 0.318. The van der Waals surface area contributed by atoms with Crippen LogP contribution in [0.4, 0.5) is 19.3 Å². The lowest BCUT2D eigenvalue weighted by molar-refractivity contribution is -0.143. The Kier molecular flexibility index (Phi) is 6.38. The van der Waals surface area contributed by atoms with Crippen LogP contribution in [0.15, 0.2) is 42.5 Å². The van der Waals surface area contributed by atoms with Crippen molar-refractivity contribution in [3.63, 3.8) is 0 Å². The fourth-order valence-corrected chi connectivity index (χ4v) is 4.20. The first kappa shape index (κ1) is 22.2. The van der Waals surface area contributed by atoms with Crippen molar-refractivity contribution in [2.45, 2.75) is 25.6 Å². The van der Waals surface area contributed by atoms with E-state index in [0.717, 1.165) is 17.4 Å². The highest BCUT2D eigenvalue weighted by Gasteiger charge is 2.47. The second-order valence-corrected chi connectivity index (χ2v) is 8.22. The zero-order valence-corrected chi connectivity index (χ0v) is 17.7. The summed E-state index contributed by atoms with van der Waals surface area (Å²) in [5, 5.41) is 5.78. The van der Waals surface area contributed by atoms with Crippen molar-refractivity contribution < 1.29 is 23.2 Å². The van der Waals surface area contributed by atoms with Gasteiger partial charge >= 0.3 is 6.03 Å². The number of hydrogen-bond donors (Lipinski definition) is 2. The number of imide groups is 1. The summed E-state index contributed by atoms with van der Waals surface area (Å²) in [6.45, 7) is 0.191. The summed E-state index contributed by atoms with van der Waals surface area (Å²) < 4.78 is 27.3. The Bertz CT molecular complexity index is 1050. The van der Waals surface area contributed by atoms with Crippen LogP contribution in [0.25, 0.3) is 0 Å². The van der Waals surface area contributed by atoms with E-state index in [1.54, 1.807) is 0 Å². The fourth-order valence-electron chi connectivity index (χ4n) is 4.05. The van der Waals surface area contributed by atoms with Crippen LogP contribution < -0.4 is 10.6 Å². The monoisotopic (exact) mass is 462 g/mol. The number of urea groups is 1. The number of nitrogens with zero attached hydrogens (tertiary/aromatic N) is 2. The molecule has 2 atom stereocenters. The highest BCUT2D eigenvalue weighted by Crippen LogP contribution is 2.29. The Balaban J connectivity index is 1.54. The van der Waals surface area contributed by atoms with E-state index in [9.17, 15) is 23.2 Å². The van der Waals surface area contributed by atoms with E-state index in [-0.39, 0.29) is 29.7 Å². The molecule has 2 fully saturated rings. The summed E-state index contributed by atoms with van der Waals surface area (Å²) in [5.41, 5.74) is 0.527.